The molecule has 1 aliphatic rings. The van der Waals surface area contributed by atoms with Crippen LogP contribution in [0.5, 0.6) is 0 Å². The maximum absolute atomic E-state index is 10.4. The second-order valence-electron chi connectivity index (χ2n) is 8.00. The maximum atomic E-state index is 10.4. The van der Waals surface area contributed by atoms with E-state index in [1.54, 1.807) is 6.20 Å². The molecule has 27 heavy (non-hydrogen) atoms. The summed E-state index contributed by atoms with van der Waals surface area (Å²) in [4.78, 5) is 9.14. The number of aliphatic hydroxyl groups excluding tert-OH is 2. The summed E-state index contributed by atoms with van der Waals surface area (Å²) in [6.45, 7) is 5.37. The van der Waals surface area contributed by atoms with Crippen molar-refractivity contribution in [1.82, 2.24) is 15.3 Å². The molecule has 2 aromatic rings. The Morgan fingerprint density at radius 2 is 1.93 bits per heavy atom. The molecule has 0 aliphatic heterocycles. The van der Waals surface area contributed by atoms with Crippen molar-refractivity contribution >= 4 is 0 Å². The Morgan fingerprint density at radius 3 is 2.63 bits per heavy atom. The summed E-state index contributed by atoms with van der Waals surface area (Å²) in [5.41, 5.74) is 1.95. The molecule has 0 spiro atoms. The SMILES string of the molecule is CC(C)CCNC1CC(O)C(CO)C1Cc1ccnc(-c2ccccc2)n1. The van der Waals surface area contributed by atoms with Crippen LogP contribution in [0.4, 0.5) is 0 Å². The highest BCUT2D eigenvalue weighted by Gasteiger charge is 2.41. The maximum Gasteiger partial charge on any atom is 0.159 e. The Kier molecular flexibility index (Phi) is 6.94. The van der Waals surface area contributed by atoms with Crippen molar-refractivity contribution in [2.45, 2.75) is 45.3 Å². The van der Waals surface area contributed by atoms with Gasteiger partial charge in [0.05, 0.1) is 6.10 Å². The van der Waals surface area contributed by atoms with Crippen LogP contribution in [0, 0.1) is 17.8 Å². The molecule has 5 nitrogen and oxygen atoms in total. The summed E-state index contributed by atoms with van der Waals surface area (Å²) in [7, 11) is 0. The van der Waals surface area contributed by atoms with Crippen LogP contribution < -0.4 is 5.32 Å². The van der Waals surface area contributed by atoms with Crippen molar-refractivity contribution in [3.8, 4) is 11.4 Å². The first-order valence-corrected chi connectivity index (χ1v) is 9.98. The number of hydrogen-bond acceptors (Lipinski definition) is 5. The van der Waals surface area contributed by atoms with E-state index in [2.05, 4.69) is 24.1 Å². The van der Waals surface area contributed by atoms with Gasteiger partial charge in [-0.05, 0) is 43.7 Å². The molecular weight excluding hydrogens is 338 g/mol. The lowest BCUT2D eigenvalue weighted by Gasteiger charge is -2.25. The molecule has 1 aliphatic carbocycles. The topological polar surface area (TPSA) is 78.3 Å². The molecular formula is C22H31N3O2. The second kappa shape index (κ2) is 9.40. The average molecular weight is 370 g/mol. The Morgan fingerprint density at radius 1 is 1.15 bits per heavy atom. The summed E-state index contributed by atoms with van der Waals surface area (Å²) in [5.74, 6) is 1.41. The van der Waals surface area contributed by atoms with E-state index in [9.17, 15) is 10.2 Å². The van der Waals surface area contributed by atoms with Crippen LogP contribution in [-0.2, 0) is 6.42 Å². The van der Waals surface area contributed by atoms with Gasteiger partial charge in [0.2, 0.25) is 0 Å². The van der Waals surface area contributed by atoms with Crippen LogP contribution >= 0.6 is 0 Å². The van der Waals surface area contributed by atoms with Crippen molar-refractivity contribution in [3.05, 3.63) is 48.3 Å². The molecule has 1 fully saturated rings. The van der Waals surface area contributed by atoms with Gasteiger partial charge in [0, 0.05) is 36.0 Å². The summed E-state index contributed by atoms with van der Waals surface area (Å²) in [5, 5.41) is 23.9. The molecule has 0 bridgehead atoms. The zero-order chi connectivity index (χ0) is 19.2. The molecule has 146 valence electrons. The van der Waals surface area contributed by atoms with Crippen molar-refractivity contribution in [2.75, 3.05) is 13.2 Å². The first-order chi connectivity index (χ1) is 13.1. The van der Waals surface area contributed by atoms with E-state index in [0.717, 1.165) is 36.5 Å². The van der Waals surface area contributed by atoms with Crippen LogP contribution in [-0.4, -0.2) is 45.5 Å². The number of aliphatic hydroxyl groups is 2. The van der Waals surface area contributed by atoms with E-state index in [4.69, 9.17) is 4.98 Å². The minimum Gasteiger partial charge on any atom is -0.396 e. The van der Waals surface area contributed by atoms with Crippen molar-refractivity contribution in [1.29, 1.82) is 0 Å². The Labute approximate surface area is 161 Å². The number of benzene rings is 1. The molecule has 3 N–H and O–H groups in total. The van der Waals surface area contributed by atoms with Gasteiger partial charge < -0.3 is 15.5 Å². The van der Waals surface area contributed by atoms with Gasteiger partial charge in [0.1, 0.15) is 0 Å². The molecule has 1 aromatic heterocycles. The van der Waals surface area contributed by atoms with Gasteiger partial charge in [0.25, 0.3) is 0 Å². The normalized spacial score (nSPS) is 25.2. The van der Waals surface area contributed by atoms with Gasteiger partial charge >= 0.3 is 0 Å². The third-order valence-electron chi connectivity index (χ3n) is 5.59. The number of nitrogens with one attached hydrogen (secondary N) is 1. The lowest BCUT2D eigenvalue weighted by atomic mass is 9.88. The Bertz CT molecular complexity index is 708. The lowest BCUT2D eigenvalue weighted by molar-refractivity contribution is 0.0716. The van der Waals surface area contributed by atoms with E-state index in [1.165, 1.54) is 0 Å². The monoisotopic (exact) mass is 369 g/mol. The lowest BCUT2D eigenvalue weighted by Crippen LogP contribution is -2.37. The molecule has 0 saturated heterocycles. The van der Waals surface area contributed by atoms with Crippen molar-refractivity contribution < 1.29 is 10.2 Å². The molecule has 3 rings (SSSR count). The van der Waals surface area contributed by atoms with E-state index in [-0.39, 0.29) is 24.5 Å². The molecule has 4 atom stereocenters. The van der Waals surface area contributed by atoms with Crippen LogP contribution in [0.3, 0.4) is 0 Å². The van der Waals surface area contributed by atoms with Gasteiger partial charge in [-0.25, -0.2) is 9.97 Å². The quantitative estimate of drug-likeness (QED) is 0.667. The highest BCUT2D eigenvalue weighted by Crippen LogP contribution is 2.35. The third kappa shape index (κ3) is 5.12. The molecule has 4 unspecified atom stereocenters. The molecule has 1 aromatic carbocycles. The molecule has 0 radical (unpaired) electrons. The van der Waals surface area contributed by atoms with Crippen LogP contribution in [0.1, 0.15) is 32.4 Å². The summed E-state index contributed by atoms with van der Waals surface area (Å²) in [6, 6.07) is 12.1. The number of nitrogens with zero attached hydrogens (tertiary/aromatic N) is 2. The van der Waals surface area contributed by atoms with Gasteiger partial charge in [-0.2, -0.15) is 0 Å². The molecule has 1 heterocycles. The van der Waals surface area contributed by atoms with Crippen LogP contribution in [0.15, 0.2) is 42.6 Å². The van der Waals surface area contributed by atoms with Gasteiger partial charge in [-0.1, -0.05) is 44.2 Å². The summed E-state index contributed by atoms with van der Waals surface area (Å²) < 4.78 is 0. The Balaban J connectivity index is 1.74. The third-order valence-corrected chi connectivity index (χ3v) is 5.59. The summed E-state index contributed by atoms with van der Waals surface area (Å²) in [6.07, 6.45) is 3.85. The fraction of sp³-hybridized carbons (Fsp3) is 0.545. The van der Waals surface area contributed by atoms with Gasteiger partial charge in [-0.3, -0.25) is 0 Å². The number of hydrogen-bond donors (Lipinski definition) is 3. The predicted molar refractivity (Wildman–Crippen MR) is 107 cm³/mol. The largest absolute Gasteiger partial charge is 0.396 e. The van der Waals surface area contributed by atoms with E-state index < -0.39 is 6.10 Å². The fourth-order valence-corrected chi connectivity index (χ4v) is 4.01. The zero-order valence-electron chi connectivity index (χ0n) is 16.3. The molecule has 5 heteroatoms. The second-order valence-corrected chi connectivity index (χ2v) is 8.00. The highest BCUT2D eigenvalue weighted by molar-refractivity contribution is 5.54. The van der Waals surface area contributed by atoms with Crippen LogP contribution in [0.25, 0.3) is 11.4 Å². The minimum absolute atomic E-state index is 0.00478. The summed E-state index contributed by atoms with van der Waals surface area (Å²) >= 11 is 0. The number of rotatable bonds is 8. The van der Waals surface area contributed by atoms with Gasteiger partial charge in [0.15, 0.2) is 5.82 Å². The zero-order valence-corrected chi connectivity index (χ0v) is 16.3. The Hall–Kier alpha value is -1.82. The first kappa shape index (κ1) is 19.9. The smallest absolute Gasteiger partial charge is 0.159 e. The highest BCUT2D eigenvalue weighted by atomic mass is 16.3. The molecule has 0 amide bonds. The van der Waals surface area contributed by atoms with E-state index in [1.807, 2.05) is 36.4 Å². The average Bonchev–Trinajstić information content (AvgIpc) is 2.96. The van der Waals surface area contributed by atoms with Gasteiger partial charge in [-0.15, -0.1) is 0 Å². The fourth-order valence-electron chi connectivity index (χ4n) is 4.01. The first-order valence-electron chi connectivity index (χ1n) is 9.98. The van der Waals surface area contributed by atoms with Crippen LogP contribution in [0.2, 0.25) is 0 Å². The van der Waals surface area contributed by atoms with Crippen molar-refractivity contribution in [3.63, 3.8) is 0 Å². The van der Waals surface area contributed by atoms with E-state index in [0.29, 0.717) is 12.3 Å². The minimum atomic E-state index is -0.466. The molecule has 1 saturated carbocycles. The van der Waals surface area contributed by atoms with E-state index >= 15 is 0 Å². The number of aromatic nitrogens is 2. The standard InChI is InChI=1S/C22H31N3O2/c1-15(2)8-10-23-20-13-21(27)19(14-26)18(20)12-17-9-11-24-22(25-17)16-6-4-3-5-7-16/h3-7,9,11,15,18-21,23,26-27H,8,10,12-14H2,1-2H3. The van der Waals surface area contributed by atoms with Crippen molar-refractivity contribution in [2.24, 2.45) is 17.8 Å². The predicted octanol–water partition coefficient (Wildman–Crippen LogP) is 2.68.